The minimum atomic E-state index is -2.08. The Morgan fingerprint density at radius 3 is 2.12 bits per heavy atom. The number of aromatic hydroxyl groups is 1. The molecule has 0 aromatic heterocycles. The van der Waals surface area contributed by atoms with Gasteiger partial charge in [-0.2, -0.15) is 0 Å². The third-order valence-electron chi connectivity index (χ3n) is 10.5. The van der Waals surface area contributed by atoms with Crippen molar-refractivity contribution < 1.29 is 28.7 Å². The van der Waals surface area contributed by atoms with Crippen molar-refractivity contribution >= 4 is 75.1 Å². The largest absolute Gasteiger partial charge is 0.507 e. The number of amides is 4. The number of carbonyl (C=O) groups excluding carboxylic acids is 4. The van der Waals surface area contributed by atoms with Crippen LogP contribution in [0.3, 0.4) is 0 Å². The van der Waals surface area contributed by atoms with Gasteiger partial charge in [0.05, 0.1) is 23.2 Å². The molecule has 7 nitrogen and oxygen atoms in total. The summed E-state index contributed by atoms with van der Waals surface area (Å²) in [6.07, 6.45) is 3.55. The first-order chi connectivity index (χ1) is 23.0. The lowest BCUT2D eigenvalue weighted by molar-refractivity contribution is -0.125. The molecule has 0 bridgehead atoms. The van der Waals surface area contributed by atoms with Gasteiger partial charge in [-0.25, -0.2) is 9.29 Å². The predicted octanol–water partition coefficient (Wildman–Crippen LogP) is 7.10. The molecule has 4 aromatic carbocycles. The maximum absolute atomic E-state index is 14.6. The Bertz CT molecular complexity index is 2130. The second-order valence-electron chi connectivity index (χ2n) is 12.8. The van der Waals surface area contributed by atoms with Crippen molar-refractivity contribution in [2.45, 2.75) is 28.5 Å². The van der Waals surface area contributed by atoms with Crippen molar-refractivity contribution in [1.82, 2.24) is 0 Å². The SMILES string of the molecule is C=Cc1ccc(N2C(=O)[C@H]3[C@H](CC=C4[C@H]3C[C@@]3(Cl)C(=O)N(c5ccc(F)cc5)C(=O)[C@@]3(Cl)[C@H]4c3ccc(O)c4ccccc34)C2=O)cc1. The van der Waals surface area contributed by atoms with Crippen molar-refractivity contribution in [3.8, 4) is 5.75 Å². The lowest BCUT2D eigenvalue weighted by atomic mass is 9.56. The van der Waals surface area contributed by atoms with Gasteiger partial charge in [-0.15, -0.1) is 23.2 Å². The van der Waals surface area contributed by atoms with Crippen molar-refractivity contribution in [2.75, 3.05) is 9.80 Å². The van der Waals surface area contributed by atoms with E-state index in [4.69, 9.17) is 23.2 Å². The fourth-order valence-corrected chi connectivity index (χ4v) is 9.24. The highest BCUT2D eigenvalue weighted by atomic mass is 35.5. The van der Waals surface area contributed by atoms with Crippen LogP contribution in [0.25, 0.3) is 16.8 Å². The molecule has 1 saturated carbocycles. The summed E-state index contributed by atoms with van der Waals surface area (Å²) in [5.74, 6) is -6.25. The van der Waals surface area contributed by atoms with Crippen LogP contribution in [-0.2, 0) is 19.2 Å². The monoisotopic (exact) mass is 680 g/mol. The lowest BCUT2D eigenvalue weighted by Gasteiger charge is -2.51. The van der Waals surface area contributed by atoms with Gasteiger partial charge in [0.25, 0.3) is 11.8 Å². The van der Waals surface area contributed by atoms with Gasteiger partial charge >= 0.3 is 0 Å². The van der Waals surface area contributed by atoms with E-state index in [0.29, 0.717) is 27.6 Å². The topological polar surface area (TPSA) is 95.0 Å². The number of hydrogen-bond donors (Lipinski definition) is 1. The van der Waals surface area contributed by atoms with E-state index in [1.807, 2.05) is 6.08 Å². The number of anilines is 2. The van der Waals surface area contributed by atoms with Crippen LogP contribution < -0.4 is 9.80 Å². The molecule has 0 radical (unpaired) electrons. The summed E-state index contributed by atoms with van der Waals surface area (Å²) in [5, 5.41) is 11.9. The Morgan fingerprint density at radius 2 is 1.44 bits per heavy atom. The molecule has 4 aromatic rings. The minimum absolute atomic E-state index is 0.0107. The number of phenols is 1. The minimum Gasteiger partial charge on any atom is -0.507 e. The first kappa shape index (κ1) is 30.5. The van der Waals surface area contributed by atoms with Crippen molar-refractivity contribution in [3.63, 3.8) is 0 Å². The zero-order chi connectivity index (χ0) is 33.7. The number of carbonyl (C=O) groups is 4. The molecule has 2 aliphatic heterocycles. The van der Waals surface area contributed by atoms with E-state index in [2.05, 4.69) is 6.58 Å². The normalized spacial score (nSPS) is 29.5. The number of allylic oxidation sites excluding steroid dienone is 2. The number of imide groups is 2. The maximum Gasteiger partial charge on any atom is 0.258 e. The average molecular weight is 682 g/mol. The first-order valence-electron chi connectivity index (χ1n) is 15.5. The van der Waals surface area contributed by atoms with Gasteiger partial charge in [0.15, 0.2) is 9.75 Å². The number of phenolic OH excluding ortho intramolecular Hbond substituents is 1. The second-order valence-corrected chi connectivity index (χ2v) is 14.0. The van der Waals surface area contributed by atoms with Crippen LogP contribution in [0.5, 0.6) is 5.75 Å². The Kier molecular flexibility index (Phi) is 6.75. The average Bonchev–Trinajstić information content (AvgIpc) is 3.43. The first-order valence-corrected chi connectivity index (χ1v) is 16.3. The van der Waals surface area contributed by atoms with Crippen LogP contribution in [-0.4, -0.2) is 38.5 Å². The Morgan fingerprint density at radius 1 is 0.792 bits per heavy atom. The number of halogens is 3. The fourth-order valence-electron chi connectivity index (χ4n) is 8.32. The van der Waals surface area contributed by atoms with Crippen molar-refractivity contribution in [3.05, 3.63) is 120 Å². The molecule has 48 heavy (non-hydrogen) atoms. The number of benzene rings is 4. The standard InChI is InChI=1S/C38H27Cl2FN2O5/c1-2-20-7-11-22(12-8-20)42-33(45)28-16-15-27-29(31(28)34(42)46)19-37(39)35(47)43(23-13-9-21(41)10-14-23)36(48)38(37,40)32(27)26-17-18-30(44)25-6-4-3-5-24(25)26/h2-15,17-18,28-29,31-32,44H,1,16,19H2/t28-,29+,31-,32-,37+,38-/m0/s1. The molecule has 6 atom stereocenters. The molecule has 2 aliphatic carbocycles. The molecular weight excluding hydrogens is 654 g/mol. The lowest BCUT2D eigenvalue weighted by Crippen LogP contribution is -2.60. The van der Waals surface area contributed by atoms with Crippen molar-refractivity contribution in [2.24, 2.45) is 17.8 Å². The molecule has 4 amide bonds. The molecule has 3 fully saturated rings. The van der Waals surface area contributed by atoms with E-state index in [-0.39, 0.29) is 30.2 Å². The summed E-state index contributed by atoms with van der Waals surface area (Å²) in [4.78, 5) is 55.3. The molecule has 1 N–H and O–H groups in total. The van der Waals surface area contributed by atoms with E-state index < -0.39 is 57.0 Å². The van der Waals surface area contributed by atoms with Gasteiger partial charge in [0.1, 0.15) is 11.6 Å². The van der Waals surface area contributed by atoms with Crippen LogP contribution in [0, 0.1) is 23.6 Å². The predicted molar refractivity (Wildman–Crippen MR) is 181 cm³/mol. The smallest absolute Gasteiger partial charge is 0.258 e. The highest BCUT2D eigenvalue weighted by Crippen LogP contribution is 2.66. The molecule has 10 heteroatoms. The van der Waals surface area contributed by atoms with Gasteiger partial charge in [0.2, 0.25) is 11.8 Å². The maximum atomic E-state index is 14.6. The van der Waals surface area contributed by atoms with Crippen LogP contribution in [0.2, 0.25) is 0 Å². The Labute approximate surface area is 284 Å². The Hall–Kier alpha value is -4.79. The van der Waals surface area contributed by atoms with Gasteiger partial charge < -0.3 is 5.11 Å². The molecule has 0 unspecified atom stereocenters. The molecule has 2 saturated heterocycles. The highest BCUT2D eigenvalue weighted by Gasteiger charge is 2.76. The van der Waals surface area contributed by atoms with Gasteiger partial charge in [-0.3, -0.25) is 24.1 Å². The zero-order valence-electron chi connectivity index (χ0n) is 25.3. The van der Waals surface area contributed by atoms with Gasteiger partial charge in [-0.05, 0) is 77.7 Å². The molecule has 8 rings (SSSR count). The summed E-state index contributed by atoms with van der Waals surface area (Å²) in [5.41, 5.74) is 2.52. The van der Waals surface area contributed by atoms with E-state index in [0.717, 1.165) is 22.6 Å². The van der Waals surface area contributed by atoms with Crippen molar-refractivity contribution in [1.29, 1.82) is 0 Å². The van der Waals surface area contributed by atoms with Crippen LogP contribution in [0.4, 0.5) is 15.8 Å². The van der Waals surface area contributed by atoms with Crippen LogP contribution >= 0.6 is 23.2 Å². The van der Waals surface area contributed by atoms with Gasteiger partial charge in [0, 0.05) is 11.3 Å². The fraction of sp³-hybridized carbons (Fsp3) is 0.211. The molecule has 0 spiro atoms. The Balaban J connectivity index is 1.33. The molecule has 2 heterocycles. The third kappa shape index (κ3) is 3.93. The third-order valence-corrected chi connectivity index (χ3v) is 11.9. The van der Waals surface area contributed by atoms with E-state index >= 15 is 0 Å². The zero-order valence-corrected chi connectivity index (χ0v) is 26.8. The second kappa shape index (κ2) is 10.6. The molecule has 4 aliphatic rings. The van der Waals surface area contributed by atoms with Crippen LogP contribution in [0.1, 0.15) is 29.9 Å². The summed E-state index contributed by atoms with van der Waals surface area (Å²) in [6.45, 7) is 3.76. The van der Waals surface area contributed by atoms with E-state index in [9.17, 15) is 28.7 Å². The summed E-state index contributed by atoms with van der Waals surface area (Å²) < 4.78 is 13.9. The number of hydrogen-bond acceptors (Lipinski definition) is 5. The van der Waals surface area contributed by atoms with E-state index in [1.54, 1.807) is 60.7 Å². The summed E-state index contributed by atoms with van der Waals surface area (Å²) in [7, 11) is 0. The molecular formula is C38H27Cl2FN2O5. The number of fused-ring (bicyclic) bond motifs is 5. The van der Waals surface area contributed by atoms with Crippen LogP contribution in [0.15, 0.2) is 103 Å². The molecule has 240 valence electrons. The quantitative estimate of drug-likeness (QED) is 0.141. The summed E-state index contributed by atoms with van der Waals surface area (Å²) >= 11 is 15.0. The number of rotatable bonds is 4. The van der Waals surface area contributed by atoms with E-state index in [1.165, 1.54) is 23.1 Å². The number of nitrogens with zero attached hydrogens (tertiary/aromatic N) is 2. The highest BCUT2D eigenvalue weighted by molar-refractivity contribution is 6.58. The van der Waals surface area contributed by atoms with Gasteiger partial charge in [-0.1, -0.05) is 66.8 Å². The number of alkyl halides is 2. The summed E-state index contributed by atoms with van der Waals surface area (Å²) in [6, 6.07) is 22.0.